The second-order valence-electron chi connectivity index (χ2n) is 6.55. The van der Waals surface area contributed by atoms with Crippen LogP contribution in [0, 0.1) is 5.92 Å². The van der Waals surface area contributed by atoms with Gasteiger partial charge in [-0.2, -0.15) is 13.2 Å². The maximum atomic E-state index is 12.8. The third-order valence-electron chi connectivity index (χ3n) is 3.74. The summed E-state index contributed by atoms with van der Waals surface area (Å²) in [5, 5.41) is 2.05. The zero-order valence-electron chi connectivity index (χ0n) is 15.3. The number of alkyl halides is 3. The Bertz CT molecular complexity index is 525. The zero-order chi connectivity index (χ0) is 20.1. The van der Waals surface area contributed by atoms with Crippen LogP contribution in [0.3, 0.4) is 0 Å². The van der Waals surface area contributed by atoms with Gasteiger partial charge in [0, 0.05) is 13.6 Å². The molecule has 3 atom stereocenters. The highest BCUT2D eigenvalue weighted by molar-refractivity contribution is 5.95. The molecule has 2 amide bonds. The molecule has 1 rings (SSSR count). The van der Waals surface area contributed by atoms with Gasteiger partial charge in [0.2, 0.25) is 5.91 Å². The van der Waals surface area contributed by atoms with Crippen LogP contribution < -0.4 is 5.32 Å². The first-order valence-electron chi connectivity index (χ1n) is 8.40. The Kier molecular flexibility index (Phi) is 7.86. The molecule has 0 radical (unpaired) electrons. The largest absolute Gasteiger partial charge is 0.464 e. The number of nitrogens with zero attached hydrogens (tertiary/aromatic N) is 1. The minimum Gasteiger partial charge on any atom is -0.464 e. The molecule has 1 aliphatic rings. The van der Waals surface area contributed by atoms with E-state index in [1.54, 1.807) is 6.92 Å². The number of nitrogens with one attached hydrogen (secondary N) is 1. The van der Waals surface area contributed by atoms with E-state index in [2.05, 4.69) is 4.74 Å². The lowest BCUT2D eigenvalue weighted by Crippen LogP contribution is -2.51. The number of hydrogen-bond donors (Lipinski definition) is 1. The van der Waals surface area contributed by atoms with Gasteiger partial charge in [0.05, 0.1) is 13.0 Å². The Morgan fingerprint density at radius 1 is 1.23 bits per heavy atom. The maximum Gasteiger partial charge on any atom is 0.391 e. The number of hydrogen-bond acceptors (Lipinski definition) is 5. The molecule has 1 aliphatic heterocycles. The molecule has 7 nitrogen and oxygen atoms in total. The van der Waals surface area contributed by atoms with Crippen LogP contribution in [0.1, 0.15) is 33.6 Å². The maximum absolute atomic E-state index is 12.8. The molecule has 1 fully saturated rings. The minimum atomic E-state index is -4.64. The van der Waals surface area contributed by atoms with Crippen LogP contribution in [0.15, 0.2) is 0 Å². The molecule has 26 heavy (non-hydrogen) atoms. The lowest BCUT2D eigenvalue weighted by Gasteiger charge is -2.25. The van der Waals surface area contributed by atoms with Crippen LogP contribution in [0.4, 0.5) is 13.2 Å². The Labute approximate surface area is 150 Å². The molecule has 0 saturated carbocycles. The fourth-order valence-electron chi connectivity index (χ4n) is 2.23. The summed E-state index contributed by atoms with van der Waals surface area (Å²) in [5.41, 5.74) is 0. The van der Waals surface area contributed by atoms with E-state index < -0.39 is 48.6 Å². The first-order valence-corrected chi connectivity index (χ1v) is 8.40. The predicted molar refractivity (Wildman–Crippen MR) is 85.0 cm³/mol. The van der Waals surface area contributed by atoms with Gasteiger partial charge in [0.1, 0.15) is 6.04 Å². The first-order chi connectivity index (χ1) is 12.0. The van der Waals surface area contributed by atoms with E-state index in [-0.39, 0.29) is 19.1 Å². The average molecular weight is 382 g/mol. The predicted octanol–water partition coefficient (Wildman–Crippen LogP) is 1.26. The Balaban J connectivity index is 2.70. The molecular formula is C16H25F3N2O5. The summed E-state index contributed by atoms with van der Waals surface area (Å²) in [7, 11) is 1.38. The van der Waals surface area contributed by atoms with Gasteiger partial charge in [-0.15, -0.1) is 0 Å². The summed E-state index contributed by atoms with van der Waals surface area (Å²) in [4.78, 5) is 36.9. The fourth-order valence-corrected chi connectivity index (χ4v) is 2.23. The number of ether oxygens (including phenoxy) is 2. The van der Waals surface area contributed by atoms with Crippen LogP contribution >= 0.6 is 0 Å². The summed E-state index contributed by atoms with van der Waals surface area (Å²) in [5.74, 6) is -2.28. The van der Waals surface area contributed by atoms with E-state index in [1.807, 2.05) is 19.2 Å². The molecular weight excluding hydrogens is 357 g/mol. The number of carbonyl (C=O) groups is 3. The molecule has 0 aromatic rings. The topological polar surface area (TPSA) is 88.2 Å². The van der Waals surface area contributed by atoms with Gasteiger partial charge in [-0.25, -0.2) is 4.79 Å². The number of halogens is 3. The molecule has 2 unspecified atom stereocenters. The molecule has 1 N–H and O–H groups in total. The summed E-state index contributed by atoms with van der Waals surface area (Å²) in [6.45, 7) is 5.77. The van der Waals surface area contributed by atoms with Crippen LogP contribution in [-0.2, 0) is 23.9 Å². The van der Waals surface area contributed by atoms with Crippen LogP contribution in [0.5, 0.6) is 0 Å². The lowest BCUT2D eigenvalue weighted by atomic mass is 10.1. The number of carbonyl (C=O) groups excluding carboxylic acids is 3. The Morgan fingerprint density at radius 3 is 2.35 bits per heavy atom. The van der Waals surface area contributed by atoms with Crippen LogP contribution in [0.25, 0.3) is 0 Å². The van der Waals surface area contributed by atoms with Gasteiger partial charge >= 0.3 is 12.1 Å². The zero-order valence-corrected chi connectivity index (χ0v) is 15.3. The van der Waals surface area contributed by atoms with E-state index >= 15 is 0 Å². The fraction of sp³-hybridized carbons (Fsp3) is 0.812. The van der Waals surface area contributed by atoms with Crippen molar-refractivity contribution in [1.29, 1.82) is 0 Å². The second-order valence-corrected chi connectivity index (χ2v) is 6.55. The molecule has 0 bridgehead atoms. The normalized spacial score (nSPS) is 20.5. The average Bonchev–Trinajstić information content (AvgIpc) is 3.30. The highest BCUT2D eigenvalue weighted by atomic mass is 19.4. The van der Waals surface area contributed by atoms with Gasteiger partial charge in [-0.3, -0.25) is 9.59 Å². The molecule has 10 heteroatoms. The van der Waals surface area contributed by atoms with Gasteiger partial charge < -0.3 is 19.7 Å². The van der Waals surface area contributed by atoms with E-state index in [1.165, 1.54) is 7.05 Å². The van der Waals surface area contributed by atoms with Crippen molar-refractivity contribution in [3.05, 3.63) is 0 Å². The molecule has 0 aromatic carbocycles. The van der Waals surface area contributed by atoms with Crippen molar-refractivity contribution in [2.75, 3.05) is 20.2 Å². The lowest BCUT2D eigenvalue weighted by molar-refractivity contribution is -0.155. The van der Waals surface area contributed by atoms with Crippen molar-refractivity contribution in [3.8, 4) is 0 Å². The Morgan fingerprint density at radius 2 is 1.85 bits per heavy atom. The van der Waals surface area contributed by atoms with Crippen molar-refractivity contribution in [2.45, 2.75) is 58.0 Å². The third kappa shape index (κ3) is 7.19. The molecule has 150 valence electrons. The smallest absolute Gasteiger partial charge is 0.391 e. The molecule has 1 heterocycles. The van der Waals surface area contributed by atoms with Crippen LogP contribution in [-0.4, -0.2) is 67.3 Å². The number of likely N-dealkylation sites (N-methyl/N-ethyl adjacent to an activating group) is 1. The van der Waals surface area contributed by atoms with Crippen LogP contribution in [0.2, 0.25) is 0 Å². The van der Waals surface area contributed by atoms with E-state index in [0.29, 0.717) is 6.42 Å². The van der Waals surface area contributed by atoms with E-state index in [0.717, 1.165) is 4.90 Å². The number of esters is 1. The van der Waals surface area contributed by atoms with Crippen molar-refractivity contribution in [3.63, 3.8) is 0 Å². The summed E-state index contributed by atoms with van der Waals surface area (Å²) in [6, 6.07) is -1.77. The molecule has 0 aliphatic carbocycles. The van der Waals surface area contributed by atoms with Crippen molar-refractivity contribution < 1.29 is 37.0 Å². The van der Waals surface area contributed by atoms with E-state index in [4.69, 9.17) is 4.74 Å². The molecule has 1 saturated heterocycles. The SMILES string of the molecule is CCOC(=O)[C@H]1OC1C(=O)NC(CC(F)(F)F)C(=O)N(C)CCC(C)C. The number of amides is 2. The first kappa shape index (κ1) is 22.2. The summed E-state index contributed by atoms with van der Waals surface area (Å²) in [6.07, 6.45) is -7.91. The monoisotopic (exact) mass is 382 g/mol. The highest BCUT2D eigenvalue weighted by Gasteiger charge is 2.52. The minimum absolute atomic E-state index is 0.0862. The van der Waals surface area contributed by atoms with Crippen molar-refractivity contribution in [1.82, 2.24) is 10.2 Å². The quantitative estimate of drug-likeness (QED) is 0.479. The summed E-state index contributed by atoms with van der Waals surface area (Å²) < 4.78 is 47.9. The summed E-state index contributed by atoms with van der Waals surface area (Å²) >= 11 is 0. The van der Waals surface area contributed by atoms with Gasteiger partial charge in [-0.05, 0) is 19.3 Å². The van der Waals surface area contributed by atoms with Crippen molar-refractivity contribution >= 4 is 17.8 Å². The third-order valence-corrected chi connectivity index (χ3v) is 3.74. The van der Waals surface area contributed by atoms with Crippen molar-refractivity contribution in [2.24, 2.45) is 5.92 Å². The number of epoxide rings is 1. The standard InChI is InChI=1S/C16H25F3N2O5/c1-5-25-15(24)12-11(26-12)13(22)20-10(8-16(17,18)19)14(23)21(4)7-6-9(2)3/h9-12H,5-8H2,1-4H3,(H,20,22)/t10?,11?,12-/m0/s1. The van der Waals surface area contributed by atoms with E-state index in [9.17, 15) is 27.6 Å². The van der Waals surface area contributed by atoms with Gasteiger partial charge in [-0.1, -0.05) is 13.8 Å². The molecule has 0 aromatic heterocycles. The van der Waals surface area contributed by atoms with Gasteiger partial charge in [0.25, 0.3) is 5.91 Å². The number of rotatable bonds is 9. The second kappa shape index (κ2) is 9.20. The molecule has 0 spiro atoms. The Hall–Kier alpha value is -1.84. The van der Waals surface area contributed by atoms with Gasteiger partial charge in [0.15, 0.2) is 12.2 Å². The highest BCUT2D eigenvalue weighted by Crippen LogP contribution is 2.26.